The number of benzene rings is 1. The third-order valence-electron chi connectivity index (χ3n) is 4.64. The molecule has 4 rings (SSSR count). The molecular formula is C19H19FN4O2. The number of ether oxygens (including phenoxy) is 1. The van der Waals surface area contributed by atoms with Crippen molar-refractivity contribution in [3.05, 3.63) is 60.3 Å². The summed E-state index contributed by atoms with van der Waals surface area (Å²) in [5, 5.41) is 8.52. The maximum atomic E-state index is 13.2. The number of nitrogens with zero attached hydrogens (tertiary/aromatic N) is 4. The zero-order valence-corrected chi connectivity index (χ0v) is 14.2. The third-order valence-corrected chi connectivity index (χ3v) is 4.64. The van der Waals surface area contributed by atoms with Crippen molar-refractivity contribution in [1.82, 2.24) is 19.5 Å². The molecule has 1 saturated heterocycles. The van der Waals surface area contributed by atoms with Crippen molar-refractivity contribution < 1.29 is 13.9 Å². The third kappa shape index (κ3) is 3.37. The second-order valence-electron chi connectivity index (χ2n) is 6.41. The molecule has 0 unspecified atom stereocenters. The van der Waals surface area contributed by atoms with Gasteiger partial charge in [0.1, 0.15) is 17.4 Å². The Morgan fingerprint density at radius 3 is 3.04 bits per heavy atom. The zero-order chi connectivity index (χ0) is 17.9. The topological polar surface area (TPSA) is 59.7 Å². The monoisotopic (exact) mass is 354 g/mol. The minimum Gasteiger partial charge on any atom is -0.484 e. The first-order chi connectivity index (χ1) is 12.7. The van der Waals surface area contributed by atoms with E-state index in [1.54, 1.807) is 17.0 Å². The molecule has 0 radical (unpaired) electrons. The molecule has 0 spiro atoms. The molecule has 1 aromatic carbocycles. The van der Waals surface area contributed by atoms with Crippen LogP contribution < -0.4 is 4.74 Å². The van der Waals surface area contributed by atoms with Gasteiger partial charge in [0.15, 0.2) is 12.3 Å². The van der Waals surface area contributed by atoms with Gasteiger partial charge in [-0.1, -0.05) is 12.1 Å². The summed E-state index contributed by atoms with van der Waals surface area (Å²) < 4.78 is 20.6. The fraction of sp³-hybridized carbons (Fsp3) is 0.316. The molecule has 1 amide bonds. The van der Waals surface area contributed by atoms with Gasteiger partial charge in [-0.15, -0.1) is 10.2 Å². The van der Waals surface area contributed by atoms with E-state index in [2.05, 4.69) is 10.2 Å². The smallest absolute Gasteiger partial charge is 0.260 e. The number of carbonyl (C=O) groups excluding carboxylic acids is 1. The maximum absolute atomic E-state index is 13.2. The number of aromatic nitrogens is 3. The molecule has 0 aliphatic carbocycles. The van der Waals surface area contributed by atoms with Crippen molar-refractivity contribution in [2.45, 2.75) is 18.8 Å². The van der Waals surface area contributed by atoms with Gasteiger partial charge in [-0.05, 0) is 37.1 Å². The number of hydrogen-bond acceptors (Lipinski definition) is 4. The Hall–Kier alpha value is -2.96. The predicted octanol–water partition coefficient (Wildman–Crippen LogP) is 2.65. The van der Waals surface area contributed by atoms with Crippen LogP contribution in [0.25, 0.3) is 5.65 Å². The highest BCUT2D eigenvalue weighted by Crippen LogP contribution is 2.26. The standard InChI is InChI=1S/C19H19FN4O2/c20-15-6-3-7-16(11-15)26-13-18(25)23-9-4-5-14(12-23)19-22-21-17-8-1-2-10-24(17)19/h1-3,6-8,10-11,14H,4-5,9,12-13H2/t14-/m1/s1. The molecular weight excluding hydrogens is 335 g/mol. The molecule has 7 heteroatoms. The number of rotatable bonds is 4. The summed E-state index contributed by atoms with van der Waals surface area (Å²) in [6.07, 6.45) is 3.81. The molecule has 0 saturated carbocycles. The van der Waals surface area contributed by atoms with Gasteiger partial charge in [-0.25, -0.2) is 4.39 Å². The molecule has 1 aliphatic rings. The van der Waals surface area contributed by atoms with Gasteiger partial charge in [0.25, 0.3) is 5.91 Å². The predicted molar refractivity (Wildman–Crippen MR) is 93.4 cm³/mol. The minimum atomic E-state index is -0.383. The number of piperidine rings is 1. The van der Waals surface area contributed by atoms with Gasteiger partial charge in [-0.2, -0.15) is 0 Å². The molecule has 26 heavy (non-hydrogen) atoms. The molecule has 1 atom stereocenters. The zero-order valence-electron chi connectivity index (χ0n) is 14.2. The van der Waals surface area contributed by atoms with Crippen LogP contribution in [-0.4, -0.2) is 45.1 Å². The van der Waals surface area contributed by atoms with Gasteiger partial charge in [0, 0.05) is 31.3 Å². The maximum Gasteiger partial charge on any atom is 0.260 e. The molecule has 134 valence electrons. The SMILES string of the molecule is O=C(COc1cccc(F)c1)N1CCC[C@@H](c2nnc3ccccn23)C1. The molecule has 2 aromatic heterocycles. The van der Waals surface area contributed by atoms with E-state index in [1.807, 2.05) is 28.8 Å². The lowest BCUT2D eigenvalue weighted by Crippen LogP contribution is -2.42. The summed E-state index contributed by atoms with van der Waals surface area (Å²) in [4.78, 5) is 14.3. The van der Waals surface area contributed by atoms with Gasteiger partial charge >= 0.3 is 0 Å². The second kappa shape index (κ2) is 7.11. The van der Waals surface area contributed by atoms with Gasteiger partial charge in [-0.3, -0.25) is 9.20 Å². The number of carbonyl (C=O) groups is 1. The molecule has 0 bridgehead atoms. The molecule has 0 N–H and O–H groups in total. The van der Waals surface area contributed by atoms with Crippen molar-refractivity contribution in [1.29, 1.82) is 0 Å². The molecule has 6 nitrogen and oxygen atoms in total. The van der Waals surface area contributed by atoms with Crippen molar-refractivity contribution >= 4 is 11.6 Å². The first-order valence-corrected chi connectivity index (χ1v) is 8.66. The highest BCUT2D eigenvalue weighted by molar-refractivity contribution is 5.78. The van der Waals surface area contributed by atoms with E-state index >= 15 is 0 Å². The first-order valence-electron chi connectivity index (χ1n) is 8.66. The normalized spacial score (nSPS) is 17.4. The van der Waals surface area contributed by atoms with E-state index in [9.17, 15) is 9.18 Å². The van der Waals surface area contributed by atoms with Crippen LogP contribution in [0.15, 0.2) is 48.7 Å². The van der Waals surface area contributed by atoms with Crippen LogP contribution in [-0.2, 0) is 4.79 Å². The lowest BCUT2D eigenvalue weighted by Gasteiger charge is -2.31. The van der Waals surface area contributed by atoms with Crippen LogP contribution in [0.2, 0.25) is 0 Å². The summed E-state index contributed by atoms with van der Waals surface area (Å²) in [5.41, 5.74) is 0.806. The van der Waals surface area contributed by atoms with Crippen LogP contribution in [0.5, 0.6) is 5.75 Å². The Morgan fingerprint density at radius 2 is 2.15 bits per heavy atom. The second-order valence-corrected chi connectivity index (χ2v) is 6.41. The van der Waals surface area contributed by atoms with Crippen LogP contribution in [0, 0.1) is 5.82 Å². The van der Waals surface area contributed by atoms with Crippen molar-refractivity contribution in [2.24, 2.45) is 0 Å². The Kier molecular flexibility index (Phi) is 4.51. The summed E-state index contributed by atoms with van der Waals surface area (Å²) >= 11 is 0. The summed E-state index contributed by atoms with van der Waals surface area (Å²) in [5.74, 6) is 0.887. The first kappa shape index (κ1) is 16.5. The molecule has 1 aliphatic heterocycles. The number of halogens is 1. The molecule has 3 aromatic rings. The summed E-state index contributed by atoms with van der Waals surface area (Å²) in [6.45, 7) is 1.18. The van der Waals surface area contributed by atoms with E-state index in [-0.39, 0.29) is 24.2 Å². The number of amides is 1. The number of hydrogen-bond donors (Lipinski definition) is 0. The average molecular weight is 354 g/mol. The van der Waals surface area contributed by atoms with Crippen LogP contribution in [0.1, 0.15) is 24.6 Å². The van der Waals surface area contributed by atoms with E-state index in [0.717, 1.165) is 24.3 Å². The minimum absolute atomic E-state index is 0.100. The Balaban J connectivity index is 1.42. The fourth-order valence-electron chi connectivity index (χ4n) is 3.35. The Labute approximate surface area is 150 Å². The largest absolute Gasteiger partial charge is 0.484 e. The van der Waals surface area contributed by atoms with Gasteiger partial charge in [0.05, 0.1) is 0 Å². The Morgan fingerprint density at radius 1 is 1.23 bits per heavy atom. The average Bonchev–Trinajstić information content (AvgIpc) is 3.10. The van der Waals surface area contributed by atoms with Gasteiger partial charge in [0.2, 0.25) is 0 Å². The van der Waals surface area contributed by atoms with Crippen LogP contribution >= 0.6 is 0 Å². The van der Waals surface area contributed by atoms with Crippen LogP contribution in [0.3, 0.4) is 0 Å². The van der Waals surface area contributed by atoms with Gasteiger partial charge < -0.3 is 9.64 Å². The van der Waals surface area contributed by atoms with Crippen molar-refractivity contribution in [3.63, 3.8) is 0 Å². The van der Waals surface area contributed by atoms with Crippen molar-refractivity contribution in [3.8, 4) is 5.75 Å². The van der Waals surface area contributed by atoms with E-state index in [0.29, 0.717) is 18.8 Å². The molecule has 3 heterocycles. The number of fused-ring (bicyclic) bond motifs is 1. The highest BCUT2D eigenvalue weighted by atomic mass is 19.1. The lowest BCUT2D eigenvalue weighted by atomic mass is 9.97. The number of likely N-dealkylation sites (tertiary alicyclic amines) is 1. The van der Waals surface area contributed by atoms with E-state index in [1.165, 1.54) is 12.1 Å². The number of pyridine rings is 1. The molecule has 1 fully saturated rings. The van der Waals surface area contributed by atoms with Crippen LogP contribution in [0.4, 0.5) is 4.39 Å². The highest BCUT2D eigenvalue weighted by Gasteiger charge is 2.28. The Bertz CT molecular complexity index is 927. The summed E-state index contributed by atoms with van der Waals surface area (Å²) in [7, 11) is 0. The summed E-state index contributed by atoms with van der Waals surface area (Å²) in [6, 6.07) is 11.6. The van der Waals surface area contributed by atoms with E-state index in [4.69, 9.17) is 4.74 Å². The fourth-order valence-corrected chi connectivity index (χ4v) is 3.35. The van der Waals surface area contributed by atoms with Crippen molar-refractivity contribution in [2.75, 3.05) is 19.7 Å². The quantitative estimate of drug-likeness (QED) is 0.723. The lowest BCUT2D eigenvalue weighted by molar-refractivity contribution is -0.134. The van der Waals surface area contributed by atoms with E-state index < -0.39 is 0 Å².